The van der Waals surface area contributed by atoms with Crippen molar-refractivity contribution in [3.05, 3.63) is 34.0 Å². The van der Waals surface area contributed by atoms with Crippen molar-refractivity contribution in [2.45, 2.75) is 6.92 Å². The van der Waals surface area contributed by atoms with Gasteiger partial charge in [0.05, 0.1) is 27.5 Å². The highest BCUT2D eigenvalue weighted by atomic mass is 16.5. The Hall–Kier alpha value is -2.77. The first kappa shape index (κ1) is 14.6. The molecule has 0 saturated carbocycles. The summed E-state index contributed by atoms with van der Waals surface area (Å²) in [6.07, 6.45) is 1.51. The highest BCUT2D eigenvalue weighted by molar-refractivity contribution is 5.82. The normalized spacial score (nSPS) is 10.9. The van der Waals surface area contributed by atoms with Gasteiger partial charge in [-0.05, 0) is 19.1 Å². The predicted octanol–water partition coefficient (Wildman–Crippen LogP) is 0.788. The molecular weight excluding hydrogens is 276 g/mol. The van der Waals surface area contributed by atoms with Crippen LogP contribution in [0.4, 0.5) is 0 Å². The Labute approximate surface area is 121 Å². The Bertz CT molecular complexity index is 692. The lowest BCUT2D eigenvalue weighted by Gasteiger charge is -2.12. The number of aromatic amines is 1. The van der Waals surface area contributed by atoms with Crippen molar-refractivity contribution >= 4 is 6.21 Å². The van der Waals surface area contributed by atoms with Gasteiger partial charge in [-0.25, -0.2) is 9.89 Å². The van der Waals surface area contributed by atoms with Crippen LogP contribution in [0.5, 0.6) is 17.2 Å². The molecule has 8 nitrogen and oxygen atoms in total. The molecule has 0 amide bonds. The molecular formula is C13H16N4O4. The van der Waals surface area contributed by atoms with Gasteiger partial charge in [-0.15, -0.1) is 0 Å². The quantitative estimate of drug-likeness (QED) is 0.823. The van der Waals surface area contributed by atoms with E-state index in [4.69, 9.17) is 14.2 Å². The second-order valence-corrected chi connectivity index (χ2v) is 4.09. The van der Waals surface area contributed by atoms with Crippen LogP contribution < -0.4 is 19.9 Å². The summed E-state index contributed by atoms with van der Waals surface area (Å²) >= 11 is 0. The summed E-state index contributed by atoms with van der Waals surface area (Å²) in [5, 5.41) is 10.2. The molecule has 0 radical (unpaired) electrons. The van der Waals surface area contributed by atoms with Gasteiger partial charge in [0, 0.05) is 5.56 Å². The molecule has 2 aromatic rings. The molecule has 1 aromatic heterocycles. The van der Waals surface area contributed by atoms with Crippen molar-refractivity contribution in [3.8, 4) is 17.2 Å². The van der Waals surface area contributed by atoms with Gasteiger partial charge < -0.3 is 14.2 Å². The van der Waals surface area contributed by atoms with Crippen LogP contribution in [0.3, 0.4) is 0 Å². The van der Waals surface area contributed by atoms with E-state index in [1.54, 1.807) is 19.1 Å². The van der Waals surface area contributed by atoms with Crippen LogP contribution >= 0.6 is 0 Å². The smallest absolute Gasteiger partial charge is 0.364 e. The zero-order chi connectivity index (χ0) is 15.4. The SMILES string of the molecule is COc1cc(/C=N/n2c(C)n[nH]c2=O)cc(OC)c1OC. The molecule has 2 rings (SSSR count). The number of hydrogen-bond donors (Lipinski definition) is 1. The number of nitrogens with one attached hydrogen (secondary N) is 1. The molecule has 0 saturated heterocycles. The summed E-state index contributed by atoms with van der Waals surface area (Å²) in [6, 6.07) is 3.45. The van der Waals surface area contributed by atoms with Crippen LogP contribution in [0.15, 0.2) is 22.0 Å². The summed E-state index contributed by atoms with van der Waals surface area (Å²) in [5.41, 5.74) is 0.285. The Morgan fingerprint density at radius 2 is 1.81 bits per heavy atom. The van der Waals surface area contributed by atoms with Crippen molar-refractivity contribution in [2.75, 3.05) is 21.3 Å². The van der Waals surface area contributed by atoms with Gasteiger partial charge in [0.15, 0.2) is 17.3 Å². The molecule has 0 aliphatic rings. The van der Waals surface area contributed by atoms with Gasteiger partial charge >= 0.3 is 5.69 Å². The van der Waals surface area contributed by atoms with Crippen molar-refractivity contribution < 1.29 is 14.2 Å². The van der Waals surface area contributed by atoms with Crippen molar-refractivity contribution in [1.82, 2.24) is 14.9 Å². The number of H-pyrrole nitrogens is 1. The maximum Gasteiger partial charge on any atom is 0.364 e. The van der Waals surface area contributed by atoms with E-state index in [0.717, 1.165) is 4.68 Å². The fourth-order valence-corrected chi connectivity index (χ4v) is 1.81. The van der Waals surface area contributed by atoms with Gasteiger partial charge in [0.2, 0.25) is 5.75 Å². The van der Waals surface area contributed by atoms with Crippen LogP contribution in [0.2, 0.25) is 0 Å². The molecule has 0 unspecified atom stereocenters. The third kappa shape index (κ3) is 2.88. The first-order valence-corrected chi connectivity index (χ1v) is 6.09. The molecule has 1 N–H and O–H groups in total. The Morgan fingerprint density at radius 3 is 2.24 bits per heavy atom. The van der Waals surface area contributed by atoms with Gasteiger partial charge in [0.25, 0.3) is 0 Å². The number of aromatic nitrogens is 3. The third-order valence-electron chi connectivity index (χ3n) is 2.82. The maximum absolute atomic E-state index is 11.5. The number of methoxy groups -OCH3 is 3. The fraction of sp³-hybridized carbons (Fsp3) is 0.308. The second-order valence-electron chi connectivity index (χ2n) is 4.09. The van der Waals surface area contributed by atoms with E-state index in [9.17, 15) is 4.79 Å². The summed E-state index contributed by atoms with van der Waals surface area (Å²) < 4.78 is 16.9. The summed E-state index contributed by atoms with van der Waals surface area (Å²) in [4.78, 5) is 11.5. The fourth-order valence-electron chi connectivity index (χ4n) is 1.81. The average molecular weight is 292 g/mol. The molecule has 0 spiro atoms. The molecule has 8 heteroatoms. The van der Waals surface area contributed by atoms with Crippen LogP contribution in [0, 0.1) is 6.92 Å². The Kier molecular flexibility index (Phi) is 4.27. The zero-order valence-electron chi connectivity index (χ0n) is 12.2. The number of ether oxygens (including phenoxy) is 3. The van der Waals surface area contributed by atoms with Gasteiger partial charge in [-0.2, -0.15) is 14.9 Å². The highest BCUT2D eigenvalue weighted by Gasteiger charge is 2.12. The second kappa shape index (κ2) is 6.12. The molecule has 21 heavy (non-hydrogen) atoms. The van der Waals surface area contributed by atoms with Crippen LogP contribution in [-0.2, 0) is 0 Å². The molecule has 0 atom stereocenters. The molecule has 1 aromatic carbocycles. The van der Waals surface area contributed by atoms with E-state index in [1.807, 2.05) is 0 Å². The summed E-state index contributed by atoms with van der Waals surface area (Å²) in [5.74, 6) is 1.97. The number of hydrogen-bond acceptors (Lipinski definition) is 6. The first-order chi connectivity index (χ1) is 10.1. The molecule has 0 fully saturated rings. The molecule has 0 aliphatic carbocycles. The molecule has 112 valence electrons. The Morgan fingerprint density at radius 1 is 1.19 bits per heavy atom. The van der Waals surface area contributed by atoms with Crippen LogP contribution in [-0.4, -0.2) is 42.4 Å². The number of nitrogens with zero attached hydrogens (tertiary/aromatic N) is 3. The maximum atomic E-state index is 11.5. The van der Waals surface area contributed by atoms with E-state index < -0.39 is 5.69 Å². The van der Waals surface area contributed by atoms with E-state index in [2.05, 4.69) is 15.3 Å². The molecule has 1 heterocycles. The largest absolute Gasteiger partial charge is 0.493 e. The van der Waals surface area contributed by atoms with Crippen molar-refractivity contribution in [3.63, 3.8) is 0 Å². The number of benzene rings is 1. The minimum atomic E-state index is -0.406. The summed E-state index contributed by atoms with van der Waals surface area (Å²) in [6.45, 7) is 1.67. The third-order valence-corrected chi connectivity index (χ3v) is 2.82. The monoisotopic (exact) mass is 292 g/mol. The Balaban J connectivity index is 2.43. The lowest BCUT2D eigenvalue weighted by atomic mass is 10.2. The van der Waals surface area contributed by atoms with Crippen molar-refractivity contribution in [2.24, 2.45) is 5.10 Å². The minimum Gasteiger partial charge on any atom is -0.493 e. The predicted molar refractivity (Wildman–Crippen MR) is 76.7 cm³/mol. The van der Waals surface area contributed by atoms with Crippen molar-refractivity contribution in [1.29, 1.82) is 0 Å². The lowest BCUT2D eigenvalue weighted by molar-refractivity contribution is 0.324. The van der Waals surface area contributed by atoms with E-state index in [-0.39, 0.29) is 0 Å². The molecule has 0 bridgehead atoms. The van der Waals surface area contributed by atoms with Gasteiger partial charge in [-0.1, -0.05) is 0 Å². The zero-order valence-corrected chi connectivity index (χ0v) is 12.2. The first-order valence-electron chi connectivity index (χ1n) is 6.09. The average Bonchev–Trinajstić information content (AvgIpc) is 2.82. The van der Waals surface area contributed by atoms with Crippen LogP contribution in [0.1, 0.15) is 11.4 Å². The van der Waals surface area contributed by atoms with E-state index in [1.165, 1.54) is 27.5 Å². The minimum absolute atomic E-state index is 0.406. The van der Waals surface area contributed by atoms with E-state index >= 15 is 0 Å². The topological polar surface area (TPSA) is 90.7 Å². The van der Waals surface area contributed by atoms with Crippen LogP contribution in [0.25, 0.3) is 0 Å². The van der Waals surface area contributed by atoms with Gasteiger partial charge in [-0.3, -0.25) is 0 Å². The molecule has 0 aliphatic heterocycles. The highest BCUT2D eigenvalue weighted by Crippen LogP contribution is 2.37. The van der Waals surface area contributed by atoms with Gasteiger partial charge in [0.1, 0.15) is 0 Å². The summed E-state index contributed by atoms with van der Waals surface area (Å²) in [7, 11) is 4.59. The van der Waals surface area contributed by atoms with E-state index in [0.29, 0.717) is 28.6 Å². The number of rotatable bonds is 5. The number of aryl methyl sites for hydroxylation is 1. The lowest BCUT2D eigenvalue weighted by Crippen LogP contribution is -2.13. The standard InChI is InChI=1S/C13H16N4O4/c1-8-15-16-13(18)17(8)14-7-9-5-10(19-2)12(21-4)11(6-9)20-3/h5-7H,1-4H3,(H,16,18)/b14-7+.